The van der Waals surface area contributed by atoms with E-state index in [0.717, 1.165) is 0 Å². The van der Waals surface area contributed by atoms with E-state index in [2.05, 4.69) is 21.9 Å². The van der Waals surface area contributed by atoms with E-state index in [1.807, 2.05) is 0 Å². The maximum Gasteiger partial charge on any atom is 0.388 e. The highest BCUT2D eigenvalue weighted by atomic mass is 19.3. The average molecular weight is 171 g/mol. The van der Waals surface area contributed by atoms with Crippen LogP contribution in [0.15, 0.2) is 0 Å². The number of aromatic nitrogens is 1. The van der Waals surface area contributed by atoms with Gasteiger partial charge in [0.05, 0.1) is 6.07 Å². The Morgan fingerprint density at radius 3 is 2.50 bits per heavy atom. The summed E-state index contributed by atoms with van der Waals surface area (Å²) in [4.78, 5) is 3.66. The molecule has 0 saturated carbocycles. The van der Waals surface area contributed by atoms with Crippen molar-refractivity contribution in [3.63, 3.8) is 0 Å². The van der Waals surface area contributed by atoms with E-state index in [1.54, 1.807) is 13.8 Å². The molecule has 4 heteroatoms. The summed E-state index contributed by atoms with van der Waals surface area (Å²) in [5.41, 5.74) is 1.13. The van der Waals surface area contributed by atoms with Crippen LogP contribution in [0.4, 0.5) is 8.78 Å². The fourth-order valence-electron chi connectivity index (χ4n) is 0.811. The van der Waals surface area contributed by atoms with Gasteiger partial charge < -0.3 is 4.74 Å². The van der Waals surface area contributed by atoms with Crippen molar-refractivity contribution in [2.24, 2.45) is 0 Å². The first-order valence-corrected chi connectivity index (χ1v) is 3.32. The monoisotopic (exact) mass is 171 g/mol. The predicted octanol–water partition coefficient (Wildman–Crippen LogP) is 1.90. The second kappa shape index (κ2) is 3.47. The molecule has 0 aromatic carbocycles. The molecule has 0 aliphatic carbocycles. The molecule has 0 spiro atoms. The SMILES string of the molecule is Cc1[c]c(C)nc(OC(F)F)[c]1. The molecule has 0 bridgehead atoms. The maximum absolute atomic E-state index is 11.7. The molecule has 0 aliphatic rings. The first-order valence-electron chi connectivity index (χ1n) is 3.32. The van der Waals surface area contributed by atoms with Gasteiger partial charge in [0, 0.05) is 11.8 Å². The Labute approximate surface area is 69.2 Å². The molecular weight excluding hydrogens is 164 g/mol. The van der Waals surface area contributed by atoms with E-state index in [4.69, 9.17) is 0 Å². The summed E-state index contributed by atoms with van der Waals surface area (Å²) in [5.74, 6) is -0.182. The van der Waals surface area contributed by atoms with Crippen molar-refractivity contribution in [1.82, 2.24) is 4.98 Å². The van der Waals surface area contributed by atoms with Crippen LogP contribution in [-0.2, 0) is 0 Å². The van der Waals surface area contributed by atoms with E-state index in [9.17, 15) is 8.78 Å². The standard InChI is InChI=1S/C8H7F2NO/c1-5-3-6(2)11-7(4-5)12-8(9)10/h8H,1-2H3. The molecule has 0 atom stereocenters. The predicted molar refractivity (Wildman–Crippen MR) is 38.0 cm³/mol. The van der Waals surface area contributed by atoms with Gasteiger partial charge in [0.1, 0.15) is 0 Å². The van der Waals surface area contributed by atoms with Gasteiger partial charge in [-0.3, -0.25) is 0 Å². The lowest BCUT2D eigenvalue weighted by molar-refractivity contribution is -0.0531. The van der Waals surface area contributed by atoms with Crippen molar-refractivity contribution in [1.29, 1.82) is 0 Å². The first-order chi connectivity index (χ1) is 5.58. The van der Waals surface area contributed by atoms with Crippen molar-refractivity contribution in [3.8, 4) is 5.88 Å². The quantitative estimate of drug-likeness (QED) is 0.678. The molecule has 64 valence electrons. The summed E-state index contributed by atoms with van der Waals surface area (Å²) in [6, 6.07) is 5.30. The highest BCUT2D eigenvalue weighted by Gasteiger charge is 2.06. The van der Waals surface area contributed by atoms with E-state index in [1.165, 1.54) is 0 Å². The fraction of sp³-hybridized carbons (Fsp3) is 0.375. The van der Waals surface area contributed by atoms with Gasteiger partial charge in [0.15, 0.2) is 0 Å². The third-order valence-corrected chi connectivity index (χ3v) is 1.13. The van der Waals surface area contributed by atoms with E-state index in [0.29, 0.717) is 11.3 Å². The summed E-state index contributed by atoms with van der Waals surface area (Å²) in [5, 5.41) is 0. The minimum absolute atomic E-state index is 0.182. The molecule has 0 amide bonds. The Morgan fingerprint density at radius 1 is 1.33 bits per heavy atom. The number of alkyl halides is 2. The molecule has 2 radical (unpaired) electrons. The first kappa shape index (κ1) is 8.90. The molecule has 1 aromatic rings. The maximum atomic E-state index is 11.7. The van der Waals surface area contributed by atoms with Crippen LogP contribution in [0.25, 0.3) is 0 Å². The number of rotatable bonds is 2. The van der Waals surface area contributed by atoms with Crippen LogP contribution in [0, 0.1) is 26.0 Å². The molecule has 0 fully saturated rings. The van der Waals surface area contributed by atoms with E-state index in [-0.39, 0.29) is 5.88 Å². The van der Waals surface area contributed by atoms with Crippen LogP contribution in [-0.4, -0.2) is 11.6 Å². The number of ether oxygens (including phenoxy) is 1. The van der Waals surface area contributed by atoms with Crippen molar-refractivity contribution in [2.45, 2.75) is 20.5 Å². The van der Waals surface area contributed by atoms with Crippen LogP contribution in [0.3, 0.4) is 0 Å². The molecule has 12 heavy (non-hydrogen) atoms. The molecular formula is C8H7F2NO. The minimum Gasteiger partial charge on any atom is -0.416 e. The number of nitrogens with zero attached hydrogens (tertiary/aromatic N) is 1. The third-order valence-electron chi connectivity index (χ3n) is 1.13. The van der Waals surface area contributed by atoms with Gasteiger partial charge in [0.2, 0.25) is 5.88 Å². The van der Waals surface area contributed by atoms with Crippen molar-refractivity contribution >= 4 is 0 Å². The Kier molecular flexibility index (Phi) is 2.58. The second-order valence-corrected chi connectivity index (χ2v) is 2.26. The molecule has 0 saturated heterocycles. The number of aryl methyl sites for hydroxylation is 2. The number of halogens is 2. The lowest BCUT2D eigenvalue weighted by atomic mass is 10.2. The highest BCUT2D eigenvalue weighted by molar-refractivity contribution is 5.19. The van der Waals surface area contributed by atoms with Crippen LogP contribution < -0.4 is 4.74 Å². The van der Waals surface area contributed by atoms with Crippen LogP contribution in [0.2, 0.25) is 0 Å². The third kappa shape index (κ3) is 2.45. The average Bonchev–Trinajstić information content (AvgIpc) is 1.81. The summed E-state index contributed by atoms with van der Waals surface area (Å²) in [6.07, 6.45) is 0. The molecule has 1 aromatic heterocycles. The van der Waals surface area contributed by atoms with Crippen molar-refractivity contribution < 1.29 is 13.5 Å². The molecule has 0 unspecified atom stereocenters. The topological polar surface area (TPSA) is 22.1 Å². The van der Waals surface area contributed by atoms with Gasteiger partial charge in [-0.25, -0.2) is 4.98 Å². The van der Waals surface area contributed by atoms with Gasteiger partial charge in [0.25, 0.3) is 0 Å². The van der Waals surface area contributed by atoms with E-state index >= 15 is 0 Å². The van der Waals surface area contributed by atoms with Gasteiger partial charge in [-0.05, 0) is 19.4 Å². The van der Waals surface area contributed by atoms with E-state index < -0.39 is 6.61 Å². The van der Waals surface area contributed by atoms with Gasteiger partial charge in [-0.15, -0.1) is 0 Å². The lowest BCUT2D eigenvalue weighted by Crippen LogP contribution is -2.04. The normalized spacial score (nSPS) is 10.4. The Balaban J connectivity index is 2.85. The minimum atomic E-state index is -2.85. The van der Waals surface area contributed by atoms with Crippen molar-refractivity contribution in [2.75, 3.05) is 0 Å². The lowest BCUT2D eigenvalue weighted by Gasteiger charge is -2.03. The van der Waals surface area contributed by atoms with Crippen molar-refractivity contribution in [3.05, 3.63) is 23.4 Å². The van der Waals surface area contributed by atoms with Gasteiger partial charge in [-0.1, -0.05) is 0 Å². The fourth-order valence-corrected chi connectivity index (χ4v) is 0.811. The summed E-state index contributed by atoms with van der Waals surface area (Å²) in [6.45, 7) is 0.488. The molecule has 1 heterocycles. The largest absolute Gasteiger partial charge is 0.416 e. The summed E-state index contributed by atoms with van der Waals surface area (Å²) >= 11 is 0. The van der Waals surface area contributed by atoms with Gasteiger partial charge in [-0.2, -0.15) is 8.78 Å². The molecule has 2 nitrogen and oxygen atoms in total. The van der Waals surface area contributed by atoms with Crippen LogP contribution in [0.1, 0.15) is 11.3 Å². The molecule has 1 rings (SSSR count). The number of hydrogen-bond acceptors (Lipinski definition) is 2. The van der Waals surface area contributed by atoms with Crippen LogP contribution >= 0.6 is 0 Å². The zero-order valence-corrected chi connectivity index (χ0v) is 6.69. The zero-order valence-electron chi connectivity index (χ0n) is 6.69. The molecule has 0 aliphatic heterocycles. The zero-order chi connectivity index (χ0) is 9.14. The smallest absolute Gasteiger partial charge is 0.388 e. The Hall–Kier alpha value is -1.19. The Morgan fingerprint density at radius 2 is 2.00 bits per heavy atom. The Bertz CT molecular complexity index is 256. The molecule has 0 N–H and O–H groups in total. The summed E-state index contributed by atoms with van der Waals surface area (Å²) in [7, 11) is 0. The summed E-state index contributed by atoms with van der Waals surface area (Å²) < 4.78 is 27.4. The van der Waals surface area contributed by atoms with Gasteiger partial charge >= 0.3 is 6.61 Å². The second-order valence-electron chi connectivity index (χ2n) is 2.26. The number of pyridine rings is 1. The highest BCUT2D eigenvalue weighted by Crippen LogP contribution is 2.12. The van der Waals surface area contributed by atoms with Crippen LogP contribution in [0.5, 0.6) is 5.88 Å². The number of hydrogen-bond donors (Lipinski definition) is 0.